The van der Waals surface area contributed by atoms with Crippen molar-refractivity contribution in [1.82, 2.24) is 0 Å². The maximum absolute atomic E-state index is 10.1. The summed E-state index contributed by atoms with van der Waals surface area (Å²) in [6.07, 6.45) is 0. The summed E-state index contributed by atoms with van der Waals surface area (Å²) in [6, 6.07) is 0. The highest BCUT2D eigenvalue weighted by Crippen LogP contribution is 3.09. The van der Waals surface area contributed by atoms with Crippen LogP contribution in [0.15, 0.2) is 0 Å². The molecule has 7 heavy (non-hydrogen) atoms. The van der Waals surface area contributed by atoms with E-state index in [4.69, 9.17) is 5.11 Å². The summed E-state index contributed by atoms with van der Waals surface area (Å²) in [5.41, 5.74) is -0.0833. The van der Waals surface area contributed by atoms with Crippen molar-refractivity contribution in [3.05, 3.63) is 0 Å². The molecular formula is C5H4O2. The monoisotopic (exact) mass is 96.0 g/mol. The molecule has 0 aromatic heterocycles. The Labute approximate surface area is 40.1 Å². The summed E-state index contributed by atoms with van der Waals surface area (Å²) in [6.45, 7) is 0. The van der Waals surface area contributed by atoms with Gasteiger partial charge in [0.2, 0.25) is 0 Å². The predicted octanol–water partition coefficient (Wildman–Crippen LogP) is -0.0532. The number of hydrogen-bond acceptors (Lipinski definition) is 1. The minimum Gasteiger partial charge on any atom is -0.481 e. The summed E-state index contributed by atoms with van der Waals surface area (Å²) < 4.78 is 0. The molecule has 0 spiro atoms. The molecule has 4 rings (SSSR count). The number of hydrogen-bond donors (Lipinski definition) is 1. The fraction of sp³-hybridized carbons (Fsp3) is 0.800. The van der Waals surface area contributed by atoms with Gasteiger partial charge in [-0.2, -0.15) is 0 Å². The highest BCUT2D eigenvalue weighted by molar-refractivity contribution is 5.94. The van der Waals surface area contributed by atoms with Crippen LogP contribution in [0.25, 0.3) is 0 Å². The second kappa shape index (κ2) is 0.358. The Balaban J connectivity index is 2.13. The number of carboxylic acid groups (broad SMARTS) is 1. The number of carbonyl (C=O) groups is 1. The van der Waals surface area contributed by atoms with Crippen LogP contribution in [0.1, 0.15) is 0 Å². The maximum atomic E-state index is 10.1. The molecule has 0 atom stereocenters. The van der Waals surface area contributed by atoms with Crippen LogP contribution in [0.3, 0.4) is 0 Å². The molecule has 4 fully saturated rings. The first-order valence-electron chi connectivity index (χ1n) is 2.54. The van der Waals surface area contributed by atoms with E-state index in [0.717, 1.165) is 0 Å². The highest BCUT2D eigenvalue weighted by Gasteiger charge is 3.13. The molecule has 4 aliphatic rings. The van der Waals surface area contributed by atoms with Gasteiger partial charge in [-0.3, -0.25) is 4.79 Å². The highest BCUT2D eigenvalue weighted by atomic mass is 16.4. The van der Waals surface area contributed by atoms with E-state index in [9.17, 15) is 4.79 Å². The lowest BCUT2D eigenvalue weighted by atomic mass is 10.4. The molecule has 0 amide bonds. The summed E-state index contributed by atoms with van der Waals surface area (Å²) in [5.74, 6) is 1.48. The van der Waals surface area contributed by atoms with E-state index in [-0.39, 0.29) is 5.41 Å². The lowest BCUT2D eigenvalue weighted by Gasteiger charge is -1.76. The third-order valence-electron chi connectivity index (χ3n) is 2.72. The van der Waals surface area contributed by atoms with Gasteiger partial charge < -0.3 is 5.11 Å². The molecule has 2 heteroatoms. The molecule has 0 aromatic rings. The first kappa shape index (κ1) is 2.70. The Morgan fingerprint density at radius 3 is 1.86 bits per heavy atom. The molecule has 0 aromatic carbocycles. The zero-order valence-corrected chi connectivity index (χ0v) is 3.59. The smallest absolute Gasteiger partial charge is 0.310 e. The van der Waals surface area contributed by atoms with Crippen molar-refractivity contribution in [1.29, 1.82) is 0 Å². The van der Waals surface area contributed by atoms with Gasteiger partial charge in [-0.05, 0) is 17.8 Å². The van der Waals surface area contributed by atoms with Crippen molar-refractivity contribution in [2.75, 3.05) is 0 Å². The Kier molecular flexibility index (Phi) is 0.138. The van der Waals surface area contributed by atoms with Crippen molar-refractivity contribution >= 4 is 5.97 Å². The zero-order chi connectivity index (χ0) is 4.81. The minimum atomic E-state index is -0.535. The zero-order valence-electron chi connectivity index (χ0n) is 3.59. The van der Waals surface area contributed by atoms with E-state index >= 15 is 0 Å². The van der Waals surface area contributed by atoms with Crippen LogP contribution in [0, 0.1) is 23.2 Å². The Morgan fingerprint density at radius 2 is 1.86 bits per heavy atom. The van der Waals surface area contributed by atoms with E-state index < -0.39 is 5.97 Å². The topological polar surface area (TPSA) is 37.3 Å². The molecule has 0 aliphatic heterocycles. The fourth-order valence-electron chi connectivity index (χ4n) is 1.77. The number of aliphatic carboxylic acids is 1. The van der Waals surface area contributed by atoms with Crippen molar-refractivity contribution in [3.63, 3.8) is 0 Å². The average molecular weight is 96.1 g/mol. The van der Waals surface area contributed by atoms with E-state index in [1.165, 1.54) is 0 Å². The first-order valence-corrected chi connectivity index (χ1v) is 2.54. The largest absolute Gasteiger partial charge is 0.481 e. The van der Waals surface area contributed by atoms with Gasteiger partial charge in [-0.1, -0.05) is 0 Å². The van der Waals surface area contributed by atoms with E-state index in [1.54, 1.807) is 0 Å². The Hall–Kier alpha value is -0.530. The van der Waals surface area contributed by atoms with Crippen molar-refractivity contribution in [2.24, 2.45) is 23.2 Å². The van der Waals surface area contributed by atoms with Gasteiger partial charge >= 0.3 is 5.97 Å². The van der Waals surface area contributed by atoms with Crippen LogP contribution in [0.5, 0.6) is 0 Å². The van der Waals surface area contributed by atoms with Gasteiger partial charge in [-0.25, -0.2) is 0 Å². The normalized spacial score (nSPS) is 76.9. The van der Waals surface area contributed by atoms with Crippen LogP contribution in [-0.4, -0.2) is 11.1 Å². The predicted molar refractivity (Wildman–Crippen MR) is 20.5 cm³/mol. The van der Waals surface area contributed by atoms with Crippen molar-refractivity contribution in [3.8, 4) is 0 Å². The van der Waals surface area contributed by atoms with Crippen molar-refractivity contribution < 1.29 is 9.90 Å². The molecule has 1 N–H and O–H groups in total. The minimum absolute atomic E-state index is 0.0833. The van der Waals surface area contributed by atoms with Crippen LogP contribution in [0.4, 0.5) is 0 Å². The van der Waals surface area contributed by atoms with Gasteiger partial charge in [0.1, 0.15) is 0 Å². The molecular weight excluding hydrogens is 92.1 g/mol. The average Bonchev–Trinajstić information content (AvgIpc) is 2.31. The third kappa shape index (κ3) is 0.0873. The molecule has 4 aliphatic carbocycles. The van der Waals surface area contributed by atoms with Gasteiger partial charge in [-0.15, -0.1) is 0 Å². The first-order chi connectivity index (χ1) is 3.31. The van der Waals surface area contributed by atoms with Gasteiger partial charge in [0.25, 0.3) is 0 Å². The molecule has 0 heterocycles. The molecule has 0 radical (unpaired) electrons. The van der Waals surface area contributed by atoms with Crippen molar-refractivity contribution in [2.45, 2.75) is 0 Å². The van der Waals surface area contributed by atoms with Crippen LogP contribution in [0.2, 0.25) is 0 Å². The molecule has 2 nitrogen and oxygen atoms in total. The fourth-order valence-corrected chi connectivity index (χ4v) is 1.77. The third-order valence-corrected chi connectivity index (χ3v) is 2.72. The standard InChI is InChI=1S/C5H4O2/c6-4(7)5-1-2(5)3(1)5/h1-3H,(H,6,7). The Bertz CT molecular complexity index is 157. The quantitative estimate of drug-likeness (QED) is 0.496. The molecule has 0 bridgehead atoms. The van der Waals surface area contributed by atoms with Crippen LogP contribution in [-0.2, 0) is 4.79 Å². The summed E-state index contributed by atoms with van der Waals surface area (Å²) in [5, 5.41) is 8.38. The van der Waals surface area contributed by atoms with Gasteiger partial charge in [0.05, 0.1) is 5.41 Å². The summed E-state index contributed by atoms with van der Waals surface area (Å²) in [7, 11) is 0. The lowest BCUT2D eigenvalue weighted by molar-refractivity contribution is -0.139. The second-order valence-corrected chi connectivity index (χ2v) is 2.82. The number of rotatable bonds is 1. The number of carboxylic acids is 1. The van der Waals surface area contributed by atoms with Gasteiger partial charge in [0.15, 0.2) is 0 Å². The van der Waals surface area contributed by atoms with E-state index in [0.29, 0.717) is 17.8 Å². The Morgan fingerprint density at radius 1 is 1.43 bits per heavy atom. The van der Waals surface area contributed by atoms with Gasteiger partial charge in [0, 0.05) is 0 Å². The molecule has 0 unspecified atom stereocenters. The summed E-state index contributed by atoms with van der Waals surface area (Å²) >= 11 is 0. The van der Waals surface area contributed by atoms with E-state index in [2.05, 4.69) is 0 Å². The lowest BCUT2D eigenvalue weighted by Crippen LogP contribution is -1.97. The van der Waals surface area contributed by atoms with E-state index in [1.807, 2.05) is 0 Å². The summed E-state index contributed by atoms with van der Waals surface area (Å²) in [4.78, 5) is 10.1. The molecule has 36 valence electrons. The second-order valence-electron chi connectivity index (χ2n) is 2.82. The maximum Gasteiger partial charge on any atom is 0.310 e. The molecule has 0 saturated heterocycles. The molecule has 4 saturated carbocycles. The van der Waals surface area contributed by atoms with Crippen LogP contribution < -0.4 is 0 Å². The SMILES string of the molecule is O=C(O)C12C3C1C32. The van der Waals surface area contributed by atoms with Crippen LogP contribution >= 0.6 is 0 Å².